The van der Waals surface area contributed by atoms with Crippen LogP contribution in [0.25, 0.3) is 0 Å². The number of urea groups is 1. The van der Waals surface area contributed by atoms with Crippen molar-refractivity contribution in [2.75, 3.05) is 11.9 Å². The van der Waals surface area contributed by atoms with Crippen LogP contribution in [-0.2, 0) is 21.7 Å². The Morgan fingerprint density at radius 1 is 1.17 bits per heavy atom. The fraction of sp³-hybridized carbons (Fsp3) is 0.318. The minimum atomic E-state index is -1.15. The van der Waals surface area contributed by atoms with E-state index >= 15 is 0 Å². The van der Waals surface area contributed by atoms with E-state index in [9.17, 15) is 14.4 Å². The van der Waals surface area contributed by atoms with Crippen molar-refractivity contribution in [2.24, 2.45) is 0 Å². The van der Waals surface area contributed by atoms with Crippen LogP contribution < -0.4 is 16.0 Å². The number of nitrogens with zero attached hydrogens (tertiary/aromatic N) is 1. The third-order valence-corrected chi connectivity index (χ3v) is 5.65. The maximum atomic E-state index is 12.9. The SMILES string of the molecule is CC1(c2cccc(NC(=O)C3CCCN3Cc3ccccc3)c2)NC(=O)NC1=O. The first-order chi connectivity index (χ1) is 14.0. The van der Waals surface area contributed by atoms with E-state index in [4.69, 9.17) is 0 Å². The average Bonchev–Trinajstić information content (AvgIpc) is 3.27. The Morgan fingerprint density at radius 2 is 1.97 bits per heavy atom. The Morgan fingerprint density at radius 3 is 2.69 bits per heavy atom. The lowest BCUT2D eigenvalue weighted by molar-refractivity contribution is -0.123. The summed E-state index contributed by atoms with van der Waals surface area (Å²) in [5.41, 5.74) is 1.26. The topological polar surface area (TPSA) is 90.5 Å². The molecule has 29 heavy (non-hydrogen) atoms. The van der Waals surface area contributed by atoms with Crippen LogP contribution in [0.4, 0.5) is 10.5 Å². The van der Waals surface area contributed by atoms with Gasteiger partial charge in [0, 0.05) is 12.2 Å². The zero-order valence-corrected chi connectivity index (χ0v) is 16.3. The second kappa shape index (κ2) is 7.67. The average molecular weight is 392 g/mol. The molecule has 2 unspecified atom stereocenters. The zero-order valence-electron chi connectivity index (χ0n) is 16.3. The van der Waals surface area contributed by atoms with Crippen LogP contribution in [0.15, 0.2) is 54.6 Å². The molecule has 7 nitrogen and oxygen atoms in total. The van der Waals surface area contributed by atoms with E-state index in [2.05, 4.69) is 33.0 Å². The molecule has 2 aromatic rings. The fourth-order valence-electron chi connectivity index (χ4n) is 4.01. The van der Waals surface area contributed by atoms with Gasteiger partial charge in [0.15, 0.2) is 0 Å². The Balaban J connectivity index is 1.47. The number of likely N-dealkylation sites (tertiary alicyclic amines) is 1. The lowest BCUT2D eigenvalue weighted by Crippen LogP contribution is -2.41. The van der Waals surface area contributed by atoms with Gasteiger partial charge in [0.05, 0.1) is 6.04 Å². The van der Waals surface area contributed by atoms with Crippen molar-refractivity contribution in [3.63, 3.8) is 0 Å². The highest BCUT2D eigenvalue weighted by Gasteiger charge is 2.43. The van der Waals surface area contributed by atoms with E-state index < -0.39 is 17.5 Å². The van der Waals surface area contributed by atoms with Crippen LogP contribution in [-0.4, -0.2) is 35.3 Å². The number of amides is 4. The molecule has 4 amide bonds. The Hall–Kier alpha value is -3.19. The van der Waals surface area contributed by atoms with Crippen LogP contribution >= 0.6 is 0 Å². The molecule has 0 aromatic heterocycles. The summed E-state index contributed by atoms with van der Waals surface area (Å²) in [5, 5.41) is 7.88. The molecule has 2 aromatic carbocycles. The largest absolute Gasteiger partial charge is 0.325 e. The van der Waals surface area contributed by atoms with Crippen LogP contribution in [0.5, 0.6) is 0 Å². The van der Waals surface area contributed by atoms with E-state index in [1.807, 2.05) is 18.2 Å². The van der Waals surface area contributed by atoms with Gasteiger partial charge in [-0.1, -0.05) is 42.5 Å². The highest BCUT2D eigenvalue weighted by molar-refractivity contribution is 6.07. The number of carbonyl (C=O) groups excluding carboxylic acids is 3. The number of anilines is 1. The molecule has 0 aliphatic carbocycles. The maximum absolute atomic E-state index is 12.9. The van der Waals surface area contributed by atoms with Gasteiger partial charge in [-0.25, -0.2) is 4.79 Å². The van der Waals surface area contributed by atoms with Gasteiger partial charge in [0.2, 0.25) is 5.91 Å². The van der Waals surface area contributed by atoms with Crippen LogP contribution in [0.2, 0.25) is 0 Å². The van der Waals surface area contributed by atoms with Crippen molar-refractivity contribution < 1.29 is 14.4 Å². The Kier molecular flexibility index (Phi) is 5.07. The van der Waals surface area contributed by atoms with Gasteiger partial charge in [-0.15, -0.1) is 0 Å². The summed E-state index contributed by atoms with van der Waals surface area (Å²) in [6.45, 7) is 3.27. The van der Waals surface area contributed by atoms with E-state index in [-0.39, 0.29) is 11.9 Å². The van der Waals surface area contributed by atoms with Crippen LogP contribution in [0.3, 0.4) is 0 Å². The van der Waals surface area contributed by atoms with Gasteiger partial charge in [-0.2, -0.15) is 0 Å². The predicted octanol–water partition coefficient (Wildman–Crippen LogP) is 2.34. The lowest BCUT2D eigenvalue weighted by Gasteiger charge is -2.25. The molecule has 2 atom stereocenters. The van der Waals surface area contributed by atoms with Crippen LogP contribution in [0, 0.1) is 0 Å². The number of imide groups is 1. The third-order valence-electron chi connectivity index (χ3n) is 5.65. The predicted molar refractivity (Wildman–Crippen MR) is 109 cm³/mol. The first-order valence-electron chi connectivity index (χ1n) is 9.79. The molecule has 3 N–H and O–H groups in total. The smallest absolute Gasteiger partial charge is 0.322 e. The summed E-state index contributed by atoms with van der Waals surface area (Å²) in [4.78, 5) is 38.9. The second-order valence-electron chi connectivity index (χ2n) is 7.72. The highest BCUT2D eigenvalue weighted by atomic mass is 16.2. The molecule has 7 heteroatoms. The third kappa shape index (κ3) is 3.86. The van der Waals surface area contributed by atoms with Gasteiger partial charge >= 0.3 is 6.03 Å². The highest BCUT2D eigenvalue weighted by Crippen LogP contribution is 2.27. The number of hydrogen-bond acceptors (Lipinski definition) is 4. The molecule has 2 aliphatic rings. The summed E-state index contributed by atoms with van der Waals surface area (Å²) in [6.07, 6.45) is 1.80. The number of rotatable bonds is 5. The fourth-order valence-corrected chi connectivity index (χ4v) is 4.01. The normalized spacial score (nSPS) is 24.2. The van der Waals surface area contributed by atoms with Gasteiger partial charge < -0.3 is 10.6 Å². The van der Waals surface area contributed by atoms with E-state index in [1.54, 1.807) is 31.2 Å². The van der Waals surface area contributed by atoms with Gasteiger partial charge in [0.1, 0.15) is 5.54 Å². The second-order valence-corrected chi connectivity index (χ2v) is 7.72. The molecule has 0 radical (unpaired) electrons. The number of carbonyl (C=O) groups is 3. The molecule has 2 saturated heterocycles. The summed E-state index contributed by atoms with van der Waals surface area (Å²) in [5.74, 6) is -0.462. The van der Waals surface area contributed by atoms with Gasteiger partial charge in [-0.3, -0.25) is 19.8 Å². The molecular formula is C22H24N4O3. The van der Waals surface area contributed by atoms with Crippen molar-refractivity contribution in [3.05, 3.63) is 65.7 Å². The van der Waals surface area contributed by atoms with E-state index in [0.29, 0.717) is 11.3 Å². The molecule has 0 spiro atoms. The summed E-state index contributed by atoms with van der Waals surface area (Å²) in [7, 11) is 0. The number of benzene rings is 2. The summed E-state index contributed by atoms with van der Waals surface area (Å²) in [6, 6.07) is 16.5. The Labute approximate surface area is 169 Å². The molecule has 150 valence electrons. The van der Waals surface area contributed by atoms with Gasteiger partial charge in [0.25, 0.3) is 5.91 Å². The number of hydrogen-bond donors (Lipinski definition) is 3. The van der Waals surface area contributed by atoms with Crippen molar-refractivity contribution in [2.45, 2.75) is 37.9 Å². The maximum Gasteiger partial charge on any atom is 0.322 e. The first-order valence-corrected chi connectivity index (χ1v) is 9.79. The van der Waals surface area contributed by atoms with E-state index in [0.717, 1.165) is 25.9 Å². The van der Waals surface area contributed by atoms with Crippen molar-refractivity contribution >= 4 is 23.5 Å². The zero-order chi connectivity index (χ0) is 20.4. The van der Waals surface area contributed by atoms with E-state index in [1.165, 1.54) is 5.56 Å². The molecule has 2 heterocycles. The molecule has 0 saturated carbocycles. The molecule has 2 aliphatic heterocycles. The molecule has 0 bridgehead atoms. The molecule has 2 fully saturated rings. The summed E-state index contributed by atoms with van der Waals surface area (Å²) < 4.78 is 0. The minimum Gasteiger partial charge on any atom is -0.325 e. The van der Waals surface area contributed by atoms with Crippen LogP contribution in [0.1, 0.15) is 30.9 Å². The summed E-state index contributed by atoms with van der Waals surface area (Å²) >= 11 is 0. The molecule has 4 rings (SSSR count). The minimum absolute atomic E-state index is 0.0550. The monoisotopic (exact) mass is 392 g/mol. The van der Waals surface area contributed by atoms with Crippen molar-refractivity contribution in [3.8, 4) is 0 Å². The van der Waals surface area contributed by atoms with Gasteiger partial charge in [-0.05, 0) is 49.6 Å². The molecular weight excluding hydrogens is 368 g/mol. The van der Waals surface area contributed by atoms with Crippen molar-refractivity contribution in [1.82, 2.24) is 15.5 Å². The first kappa shape index (κ1) is 19.1. The standard InChI is InChI=1S/C22H24N4O3/c1-22(20(28)24-21(29)25-22)16-9-5-10-17(13-16)23-19(27)18-11-6-12-26(18)14-15-7-3-2-4-8-15/h2-5,7-10,13,18H,6,11-12,14H2,1H3,(H,23,27)(H2,24,25,28,29). The quantitative estimate of drug-likeness (QED) is 0.682. The Bertz CT molecular complexity index is 946. The lowest BCUT2D eigenvalue weighted by atomic mass is 9.92. The van der Waals surface area contributed by atoms with Crippen molar-refractivity contribution in [1.29, 1.82) is 0 Å². The number of nitrogens with one attached hydrogen (secondary N) is 3.